The van der Waals surface area contributed by atoms with E-state index in [1.807, 2.05) is 0 Å². The number of esters is 1. The van der Waals surface area contributed by atoms with Crippen LogP contribution in [0.25, 0.3) is 0 Å². The number of aromatic nitrogens is 2. The van der Waals surface area contributed by atoms with E-state index in [-0.39, 0.29) is 37.6 Å². The molecule has 0 saturated carbocycles. The van der Waals surface area contributed by atoms with E-state index < -0.39 is 10.9 Å². The van der Waals surface area contributed by atoms with Crippen LogP contribution in [0.4, 0.5) is 5.82 Å². The summed E-state index contributed by atoms with van der Waals surface area (Å²) in [6, 6.07) is 0. The first-order chi connectivity index (χ1) is 8.52. The maximum absolute atomic E-state index is 11.5. The van der Waals surface area contributed by atoms with Gasteiger partial charge in [0, 0.05) is 6.42 Å². The normalized spacial score (nSPS) is 10.1. The van der Waals surface area contributed by atoms with Gasteiger partial charge in [0.05, 0.1) is 19.6 Å². The van der Waals surface area contributed by atoms with E-state index in [9.17, 15) is 19.7 Å². The molecule has 8 nitrogen and oxygen atoms in total. The predicted octanol–water partition coefficient (Wildman–Crippen LogP) is 0.704. The Kier molecular flexibility index (Phi) is 4.97. The van der Waals surface area contributed by atoms with Crippen LogP contribution in [-0.2, 0) is 20.9 Å². The Morgan fingerprint density at radius 2 is 2.22 bits per heavy atom. The number of hydrogen-bond donors (Lipinski definition) is 0. The van der Waals surface area contributed by atoms with Crippen LogP contribution in [0.3, 0.4) is 0 Å². The number of Topliss-reactive ketones (excluding diaryl/α,β-unsaturated/α-hetero) is 1. The highest BCUT2D eigenvalue weighted by molar-refractivity contribution is 5.82. The molecule has 0 bridgehead atoms. The molecule has 1 rings (SSSR count). The van der Waals surface area contributed by atoms with Crippen LogP contribution in [0, 0.1) is 10.1 Å². The number of carbonyl (C=O) groups is 2. The fourth-order valence-electron chi connectivity index (χ4n) is 1.29. The van der Waals surface area contributed by atoms with Crippen LogP contribution in [0.5, 0.6) is 0 Å². The largest absolute Gasteiger partial charge is 0.466 e. The van der Waals surface area contributed by atoms with Crippen LogP contribution in [0.1, 0.15) is 19.8 Å². The van der Waals surface area contributed by atoms with Crippen molar-refractivity contribution in [1.82, 2.24) is 9.55 Å². The van der Waals surface area contributed by atoms with Gasteiger partial charge in [0.25, 0.3) is 0 Å². The zero-order chi connectivity index (χ0) is 13.5. The summed E-state index contributed by atoms with van der Waals surface area (Å²) in [6.07, 6.45) is 2.44. The topological polar surface area (TPSA) is 104 Å². The fourth-order valence-corrected chi connectivity index (χ4v) is 1.29. The summed E-state index contributed by atoms with van der Waals surface area (Å²) in [4.78, 5) is 35.7. The van der Waals surface area contributed by atoms with E-state index in [0.717, 1.165) is 0 Å². The molecular weight excluding hydrogens is 242 g/mol. The smallest absolute Gasteiger partial charge is 0.381 e. The van der Waals surface area contributed by atoms with Gasteiger partial charge < -0.3 is 19.4 Å². The van der Waals surface area contributed by atoms with Crippen LogP contribution in [-0.4, -0.2) is 32.8 Å². The molecule has 0 atom stereocenters. The van der Waals surface area contributed by atoms with Gasteiger partial charge in [0.2, 0.25) is 6.33 Å². The van der Waals surface area contributed by atoms with Gasteiger partial charge in [-0.25, -0.2) is 0 Å². The number of nitro groups is 1. The number of ether oxygens (including phenoxy) is 1. The van der Waals surface area contributed by atoms with Crippen molar-refractivity contribution in [2.24, 2.45) is 0 Å². The molecule has 18 heavy (non-hydrogen) atoms. The number of ketones is 1. The Hall–Kier alpha value is -2.25. The van der Waals surface area contributed by atoms with Crippen molar-refractivity contribution >= 4 is 17.6 Å². The van der Waals surface area contributed by atoms with Gasteiger partial charge in [-0.2, -0.15) is 0 Å². The Morgan fingerprint density at radius 3 is 2.78 bits per heavy atom. The van der Waals surface area contributed by atoms with Crippen LogP contribution < -0.4 is 0 Å². The number of rotatable bonds is 7. The molecule has 1 heterocycles. The Labute approximate surface area is 103 Å². The molecule has 0 aliphatic heterocycles. The number of imidazole rings is 1. The highest BCUT2D eigenvalue weighted by Crippen LogP contribution is 2.06. The summed E-state index contributed by atoms with van der Waals surface area (Å²) in [5.41, 5.74) is 0. The van der Waals surface area contributed by atoms with Crippen molar-refractivity contribution in [3.63, 3.8) is 0 Å². The van der Waals surface area contributed by atoms with Gasteiger partial charge in [-0.05, 0) is 16.8 Å². The van der Waals surface area contributed by atoms with E-state index >= 15 is 0 Å². The second kappa shape index (κ2) is 6.48. The second-order valence-corrected chi connectivity index (χ2v) is 3.51. The van der Waals surface area contributed by atoms with Gasteiger partial charge >= 0.3 is 11.8 Å². The summed E-state index contributed by atoms with van der Waals surface area (Å²) >= 11 is 0. The number of nitrogens with zero attached hydrogens (tertiary/aromatic N) is 3. The first kappa shape index (κ1) is 13.8. The molecule has 8 heteroatoms. The van der Waals surface area contributed by atoms with Crippen molar-refractivity contribution in [3.05, 3.63) is 22.6 Å². The molecule has 0 N–H and O–H groups in total. The Bertz CT molecular complexity index is 454. The average molecular weight is 255 g/mol. The maximum Gasteiger partial charge on any atom is 0.381 e. The molecule has 0 unspecified atom stereocenters. The van der Waals surface area contributed by atoms with E-state index in [4.69, 9.17) is 0 Å². The first-order valence-corrected chi connectivity index (χ1v) is 5.36. The second-order valence-electron chi connectivity index (χ2n) is 3.51. The minimum atomic E-state index is -0.639. The Balaban J connectivity index is 2.39. The van der Waals surface area contributed by atoms with Gasteiger partial charge in [-0.15, -0.1) is 0 Å². The van der Waals surface area contributed by atoms with Gasteiger partial charge in [-0.3, -0.25) is 9.59 Å². The van der Waals surface area contributed by atoms with Crippen molar-refractivity contribution in [3.8, 4) is 0 Å². The molecule has 0 spiro atoms. The molecule has 0 aliphatic rings. The predicted molar refractivity (Wildman–Crippen MR) is 59.8 cm³/mol. The minimum Gasteiger partial charge on any atom is -0.466 e. The molecule has 1 aromatic heterocycles. The van der Waals surface area contributed by atoms with E-state index in [2.05, 4.69) is 9.72 Å². The summed E-state index contributed by atoms with van der Waals surface area (Å²) < 4.78 is 5.99. The lowest BCUT2D eigenvalue weighted by Crippen LogP contribution is -2.12. The van der Waals surface area contributed by atoms with Crippen LogP contribution in [0.2, 0.25) is 0 Å². The van der Waals surface area contributed by atoms with Crippen molar-refractivity contribution < 1.29 is 19.2 Å². The molecule has 0 aliphatic carbocycles. The third-order valence-electron chi connectivity index (χ3n) is 2.08. The first-order valence-electron chi connectivity index (χ1n) is 5.36. The van der Waals surface area contributed by atoms with E-state index in [1.165, 1.54) is 17.1 Å². The molecular formula is C10H13N3O5. The zero-order valence-electron chi connectivity index (χ0n) is 9.87. The third kappa shape index (κ3) is 4.32. The van der Waals surface area contributed by atoms with Crippen LogP contribution >= 0.6 is 0 Å². The molecule has 0 aromatic carbocycles. The van der Waals surface area contributed by atoms with Crippen molar-refractivity contribution in [2.45, 2.75) is 26.3 Å². The highest BCUT2D eigenvalue weighted by atomic mass is 16.6. The van der Waals surface area contributed by atoms with Crippen LogP contribution in [0.15, 0.2) is 12.5 Å². The zero-order valence-corrected chi connectivity index (χ0v) is 9.87. The maximum atomic E-state index is 11.5. The Morgan fingerprint density at radius 1 is 1.50 bits per heavy atom. The summed E-state index contributed by atoms with van der Waals surface area (Å²) in [5.74, 6) is -0.953. The summed E-state index contributed by atoms with van der Waals surface area (Å²) in [7, 11) is 0. The molecule has 0 saturated heterocycles. The monoisotopic (exact) mass is 255 g/mol. The number of hydrogen-bond acceptors (Lipinski definition) is 6. The van der Waals surface area contributed by atoms with E-state index in [1.54, 1.807) is 6.92 Å². The molecule has 0 fully saturated rings. The lowest BCUT2D eigenvalue weighted by atomic mass is 10.2. The van der Waals surface area contributed by atoms with Gasteiger partial charge in [0.1, 0.15) is 6.20 Å². The fraction of sp³-hybridized carbons (Fsp3) is 0.500. The highest BCUT2D eigenvalue weighted by Gasteiger charge is 2.13. The van der Waals surface area contributed by atoms with Crippen molar-refractivity contribution in [2.75, 3.05) is 6.61 Å². The van der Waals surface area contributed by atoms with E-state index in [0.29, 0.717) is 0 Å². The standard InChI is InChI=1S/C10H13N3O5/c1-2-18-10(15)4-3-8(14)5-12-6-9(11-7-12)13(16)17/h6-7H,2-5H2,1H3. The third-order valence-corrected chi connectivity index (χ3v) is 2.08. The summed E-state index contributed by atoms with van der Waals surface area (Å²) in [6.45, 7) is 1.92. The number of carbonyl (C=O) groups excluding carboxylic acids is 2. The summed E-state index contributed by atoms with van der Waals surface area (Å²) in [5, 5.41) is 10.4. The lowest BCUT2D eigenvalue weighted by Gasteiger charge is -2.01. The molecule has 0 radical (unpaired) electrons. The van der Waals surface area contributed by atoms with Gasteiger partial charge in [0.15, 0.2) is 5.78 Å². The lowest BCUT2D eigenvalue weighted by molar-refractivity contribution is -0.389. The van der Waals surface area contributed by atoms with Gasteiger partial charge in [-0.1, -0.05) is 0 Å². The average Bonchev–Trinajstić information content (AvgIpc) is 2.75. The molecule has 0 amide bonds. The quantitative estimate of drug-likeness (QED) is 0.403. The molecule has 98 valence electrons. The SMILES string of the molecule is CCOC(=O)CCC(=O)Cn1cnc([N+](=O)[O-])c1. The minimum absolute atomic E-state index is 0.0173. The van der Waals surface area contributed by atoms with Crippen molar-refractivity contribution in [1.29, 1.82) is 0 Å². The molecule has 1 aromatic rings.